The maximum absolute atomic E-state index is 10.6. The summed E-state index contributed by atoms with van der Waals surface area (Å²) >= 11 is 0. The van der Waals surface area contributed by atoms with E-state index < -0.39 is 18.0 Å². The van der Waals surface area contributed by atoms with Crippen LogP contribution in [-0.2, 0) is 14.4 Å². The van der Waals surface area contributed by atoms with Crippen molar-refractivity contribution >= 4 is 17.7 Å². The van der Waals surface area contributed by atoms with Crippen molar-refractivity contribution in [3.8, 4) is 0 Å². The minimum Gasteiger partial charge on any atom is -0.480 e. The molecule has 0 radical (unpaired) electrons. The number of hydrogen-bond donors (Lipinski definition) is 4. The number of Topliss-reactive ketones (excluding diaryl/α,β-unsaturated/α-hetero) is 1. The average Bonchev–Trinajstić information content (AvgIpc) is 2.87. The van der Waals surface area contributed by atoms with Crippen LogP contribution in [0.15, 0.2) is 0 Å². The van der Waals surface area contributed by atoms with Gasteiger partial charge in [0.15, 0.2) is 11.8 Å². The number of carboxylic acid groups (broad SMARTS) is 2. The van der Waals surface area contributed by atoms with Crippen LogP contribution in [0.3, 0.4) is 0 Å². The van der Waals surface area contributed by atoms with Crippen LogP contribution in [0.4, 0.5) is 0 Å². The Morgan fingerprint density at radius 3 is 2.06 bits per heavy atom. The molecule has 2 saturated heterocycles. The number of nitrogens with one attached hydrogen (secondary N) is 2. The Bertz CT molecular complexity index is 312. The predicted octanol–water partition coefficient (Wildman–Crippen LogP) is -1.17. The van der Waals surface area contributed by atoms with Crippen molar-refractivity contribution in [1.29, 1.82) is 0 Å². The van der Waals surface area contributed by atoms with Gasteiger partial charge >= 0.3 is 11.9 Å². The molecule has 0 bridgehead atoms. The lowest BCUT2D eigenvalue weighted by Crippen LogP contribution is -2.35. The molecule has 0 aromatic carbocycles. The van der Waals surface area contributed by atoms with Crippen molar-refractivity contribution in [3.05, 3.63) is 0 Å². The fourth-order valence-corrected chi connectivity index (χ4v) is 1.72. The van der Waals surface area contributed by atoms with Crippen LogP contribution < -0.4 is 10.6 Å². The first-order valence-electron chi connectivity index (χ1n) is 5.47. The van der Waals surface area contributed by atoms with E-state index in [2.05, 4.69) is 10.6 Å². The van der Waals surface area contributed by atoms with Crippen LogP contribution in [-0.4, -0.2) is 53.1 Å². The zero-order valence-electron chi connectivity index (χ0n) is 9.31. The van der Waals surface area contributed by atoms with Gasteiger partial charge in [-0.2, -0.15) is 0 Å². The number of aliphatic carboxylic acids is 2. The zero-order valence-corrected chi connectivity index (χ0v) is 9.31. The van der Waals surface area contributed by atoms with E-state index in [0.717, 1.165) is 19.4 Å². The van der Waals surface area contributed by atoms with Gasteiger partial charge in [-0.05, 0) is 19.4 Å². The lowest BCUT2D eigenvalue weighted by atomic mass is 10.2. The highest BCUT2D eigenvalue weighted by Gasteiger charge is 2.29. The van der Waals surface area contributed by atoms with Gasteiger partial charge in [0.1, 0.15) is 6.04 Å². The second kappa shape index (κ2) is 6.31. The van der Waals surface area contributed by atoms with Crippen molar-refractivity contribution in [1.82, 2.24) is 10.6 Å². The topological polar surface area (TPSA) is 116 Å². The number of carboxylic acids is 2. The SMILES string of the molecule is O=C(O)[C@@H]1CCCN1.O=C(O)[C@H]1NCCC1=O. The smallest absolute Gasteiger partial charge is 0.328 e. The van der Waals surface area contributed by atoms with Crippen molar-refractivity contribution in [2.45, 2.75) is 31.3 Å². The Morgan fingerprint density at radius 1 is 1.12 bits per heavy atom. The molecular formula is C10H16N2O5. The van der Waals surface area contributed by atoms with E-state index in [1.165, 1.54) is 0 Å². The van der Waals surface area contributed by atoms with Gasteiger partial charge in [-0.15, -0.1) is 0 Å². The van der Waals surface area contributed by atoms with Crippen LogP contribution in [0.1, 0.15) is 19.3 Å². The zero-order chi connectivity index (χ0) is 12.8. The molecule has 0 aromatic heterocycles. The number of carbonyl (C=O) groups is 3. The highest BCUT2D eigenvalue weighted by atomic mass is 16.4. The lowest BCUT2D eigenvalue weighted by Gasteiger charge is -1.99. The Kier molecular flexibility index (Phi) is 5.05. The number of ketones is 1. The maximum Gasteiger partial charge on any atom is 0.328 e. The molecule has 2 aliphatic heterocycles. The summed E-state index contributed by atoms with van der Waals surface area (Å²) < 4.78 is 0. The van der Waals surface area contributed by atoms with Gasteiger partial charge in [0, 0.05) is 13.0 Å². The Morgan fingerprint density at radius 2 is 1.82 bits per heavy atom. The van der Waals surface area contributed by atoms with Crippen molar-refractivity contribution in [3.63, 3.8) is 0 Å². The molecule has 0 saturated carbocycles. The fraction of sp³-hybridized carbons (Fsp3) is 0.700. The van der Waals surface area contributed by atoms with Gasteiger partial charge < -0.3 is 15.5 Å². The normalized spacial score (nSPS) is 27.4. The molecule has 0 aliphatic carbocycles. The summed E-state index contributed by atoms with van der Waals surface area (Å²) in [4.78, 5) is 30.8. The molecule has 7 heteroatoms. The van der Waals surface area contributed by atoms with Gasteiger partial charge in [-0.1, -0.05) is 0 Å². The van der Waals surface area contributed by atoms with E-state index in [-0.39, 0.29) is 11.8 Å². The highest BCUT2D eigenvalue weighted by molar-refractivity contribution is 6.03. The fourth-order valence-electron chi connectivity index (χ4n) is 1.72. The molecule has 2 rings (SSSR count). The van der Waals surface area contributed by atoms with E-state index in [4.69, 9.17) is 10.2 Å². The first-order chi connectivity index (χ1) is 8.02. The molecule has 2 fully saturated rings. The van der Waals surface area contributed by atoms with Crippen LogP contribution in [0.25, 0.3) is 0 Å². The molecule has 0 amide bonds. The first kappa shape index (κ1) is 13.6. The van der Waals surface area contributed by atoms with E-state index in [1.54, 1.807) is 0 Å². The van der Waals surface area contributed by atoms with E-state index >= 15 is 0 Å². The third-order valence-corrected chi connectivity index (χ3v) is 2.65. The summed E-state index contributed by atoms with van der Waals surface area (Å²) in [7, 11) is 0. The summed E-state index contributed by atoms with van der Waals surface area (Å²) in [5.41, 5.74) is 0. The Balaban J connectivity index is 0.000000171. The molecule has 96 valence electrons. The number of carbonyl (C=O) groups excluding carboxylic acids is 1. The van der Waals surface area contributed by atoms with Crippen molar-refractivity contribution in [2.75, 3.05) is 13.1 Å². The lowest BCUT2D eigenvalue weighted by molar-refractivity contribution is -0.142. The monoisotopic (exact) mass is 244 g/mol. The quantitative estimate of drug-likeness (QED) is 0.452. The summed E-state index contributed by atoms with van der Waals surface area (Å²) in [6.07, 6.45) is 2.13. The molecule has 2 heterocycles. The van der Waals surface area contributed by atoms with E-state index in [9.17, 15) is 14.4 Å². The van der Waals surface area contributed by atoms with Gasteiger partial charge in [-0.25, -0.2) is 0 Å². The minimum absolute atomic E-state index is 0.220. The third-order valence-electron chi connectivity index (χ3n) is 2.65. The maximum atomic E-state index is 10.6. The highest BCUT2D eigenvalue weighted by Crippen LogP contribution is 2.03. The summed E-state index contributed by atoms with van der Waals surface area (Å²) in [5, 5.41) is 22.1. The molecule has 2 atom stereocenters. The van der Waals surface area contributed by atoms with Gasteiger partial charge in [0.05, 0.1) is 0 Å². The molecular weight excluding hydrogens is 228 g/mol. The van der Waals surface area contributed by atoms with Crippen LogP contribution in [0, 0.1) is 0 Å². The molecule has 0 aromatic rings. The molecule has 2 aliphatic rings. The number of rotatable bonds is 2. The van der Waals surface area contributed by atoms with E-state index in [1.807, 2.05) is 0 Å². The van der Waals surface area contributed by atoms with Crippen LogP contribution in [0.5, 0.6) is 0 Å². The summed E-state index contributed by atoms with van der Waals surface area (Å²) in [5.74, 6) is -2.01. The van der Waals surface area contributed by atoms with Crippen LogP contribution in [0.2, 0.25) is 0 Å². The molecule has 17 heavy (non-hydrogen) atoms. The Labute approximate surface area is 98.2 Å². The standard InChI is InChI=1S/C5H7NO3.C5H9NO2/c7-3-1-2-6-4(3)5(8)9;7-5(8)4-2-1-3-6-4/h4,6H,1-2H2,(H,8,9);4,6H,1-3H2,(H,7,8)/t2*4-/m00/s1. The van der Waals surface area contributed by atoms with Crippen molar-refractivity contribution in [2.24, 2.45) is 0 Å². The summed E-state index contributed by atoms with van der Waals surface area (Å²) in [6, 6.07) is -1.21. The summed E-state index contributed by atoms with van der Waals surface area (Å²) in [6.45, 7) is 1.35. The van der Waals surface area contributed by atoms with Gasteiger partial charge in [0.2, 0.25) is 0 Å². The Hall–Kier alpha value is -1.47. The minimum atomic E-state index is -1.07. The molecule has 7 nitrogen and oxygen atoms in total. The number of hydrogen-bond acceptors (Lipinski definition) is 5. The first-order valence-corrected chi connectivity index (χ1v) is 5.47. The predicted molar refractivity (Wildman–Crippen MR) is 57.7 cm³/mol. The molecule has 0 unspecified atom stereocenters. The third kappa shape index (κ3) is 4.12. The van der Waals surface area contributed by atoms with E-state index in [0.29, 0.717) is 13.0 Å². The molecule has 4 N–H and O–H groups in total. The second-order valence-corrected chi connectivity index (χ2v) is 3.93. The van der Waals surface area contributed by atoms with Crippen LogP contribution >= 0.6 is 0 Å². The second-order valence-electron chi connectivity index (χ2n) is 3.93. The van der Waals surface area contributed by atoms with Crippen molar-refractivity contribution < 1.29 is 24.6 Å². The van der Waals surface area contributed by atoms with Gasteiger partial charge in [-0.3, -0.25) is 19.7 Å². The average molecular weight is 244 g/mol. The molecule has 0 spiro atoms. The largest absolute Gasteiger partial charge is 0.480 e. The van der Waals surface area contributed by atoms with Gasteiger partial charge in [0.25, 0.3) is 0 Å².